The molecular formula is C22H24N4O3. The molecule has 0 N–H and O–H groups in total. The number of carbonyl (C=O) groups excluding carboxylic acids is 3. The molecule has 2 fully saturated rings. The number of hydrogen-bond acceptors (Lipinski definition) is 4. The van der Waals surface area contributed by atoms with Crippen LogP contribution in [0.5, 0.6) is 0 Å². The van der Waals surface area contributed by atoms with Crippen molar-refractivity contribution >= 4 is 17.7 Å². The first-order valence-electron chi connectivity index (χ1n) is 9.87. The van der Waals surface area contributed by atoms with E-state index in [1.807, 2.05) is 42.5 Å². The molecule has 2 saturated heterocycles. The monoisotopic (exact) mass is 392 g/mol. The van der Waals surface area contributed by atoms with Gasteiger partial charge in [0.05, 0.1) is 12.5 Å². The number of amides is 3. The second-order valence-electron chi connectivity index (χ2n) is 7.60. The second kappa shape index (κ2) is 8.43. The maximum absolute atomic E-state index is 12.9. The van der Waals surface area contributed by atoms with E-state index in [0.717, 1.165) is 11.1 Å². The van der Waals surface area contributed by atoms with Crippen LogP contribution in [0.2, 0.25) is 0 Å². The Balaban J connectivity index is 1.32. The molecule has 150 valence electrons. The van der Waals surface area contributed by atoms with Gasteiger partial charge in [-0.05, 0) is 17.2 Å². The Kier molecular flexibility index (Phi) is 5.55. The van der Waals surface area contributed by atoms with Gasteiger partial charge in [-0.3, -0.25) is 19.4 Å². The van der Waals surface area contributed by atoms with E-state index in [9.17, 15) is 14.4 Å². The van der Waals surface area contributed by atoms with E-state index < -0.39 is 0 Å². The van der Waals surface area contributed by atoms with E-state index >= 15 is 0 Å². The lowest BCUT2D eigenvalue weighted by atomic mass is 10.1. The number of carbonyl (C=O) groups is 3. The molecule has 7 heteroatoms. The van der Waals surface area contributed by atoms with Gasteiger partial charge in [0, 0.05) is 51.5 Å². The number of nitrogens with zero attached hydrogens (tertiary/aromatic N) is 4. The maximum atomic E-state index is 12.9. The molecule has 1 aromatic carbocycles. The summed E-state index contributed by atoms with van der Waals surface area (Å²) in [4.78, 5) is 47.0. The van der Waals surface area contributed by atoms with Crippen molar-refractivity contribution in [1.29, 1.82) is 0 Å². The van der Waals surface area contributed by atoms with Crippen molar-refractivity contribution in [1.82, 2.24) is 19.7 Å². The predicted octanol–water partition coefficient (Wildman–Crippen LogP) is 1.30. The zero-order valence-electron chi connectivity index (χ0n) is 16.2. The first-order valence-corrected chi connectivity index (χ1v) is 9.87. The van der Waals surface area contributed by atoms with Gasteiger partial charge in [-0.25, -0.2) is 0 Å². The highest BCUT2D eigenvalue weighted by Crippen LogP contribution is 2.23. The molecule has 4 rings (SSSR count). The van der Waals surface area contributed by atoms with Crippen molar-refractivity contribution in [3.05, 3.63) is 66.0 Å². The molecule has 0 bridgehead atoms. The summed E-state index contributed by atoms with van der Waals surface area (Å²) in [5, 5.41) is 0. The lowest BCUT2D eigenvalue weighted by molar-refractivity contribution is -0.147. The van der Waals surface area contributed by atoms with Crippen LogP contribution in [0.1, 0.15) is 17.5 Å². The molecule has 0 unspecified atom stereocenters. The Labute approximate surface area is 169 Å². The molecule has 3 amide bonds. The van der Waals surface area contributed by atoms with E-state index in [0.29, 0.717) is 32.7 Å². The fraction of sp³-hybridized carbons (Fsp3) is 0.364. The molecular weight excluding hydrogens is 368 g/mol. The third-order valence-electron chi connectivity index (χ3n) is 5.51. The molecule has 0 saturated carbocycles. The molecule has 29 heavy (non-hydrogen) atoms. The highest BCUT2D eigenvalue weighted by Gasteiger charge is 2.38. The zero-order chi connectivity index (χ0) is 20.2. The van der Waals surface area contributed by atoms with Crippen LogP contribution in [0.3, 0.4) is 0 Å². The van der Waals surface area contributed by atoms with Crippen LogP contribution in [0.25, 0.3) is 0 Å². The van der Waals surface area contributed by atoms with Crippen molar-refractivity contribution in [3.63, 3.8) is 0 Å². The quantitative estimate of drug-likeness (QED) is 0.769. The molecule has 2 aliphatic rings. The van der Waals surface area contributed by atoms with Crippen molar-refractivity contribution < 1.29 is 14.4 Å². The van der Waals surface area contributed by atoms with Gasteiger partial charge in [-0.1, -0.05) is 36.4 Å². The summed E-state index contributed by atoms with van der Waals surface area (Å²) in [5.74, 6) is -0.557. The number of benzene rings is 1. The molecule has 1 atom stereocenters. The second-order valence-corrected chi connectivity index (χ2v) is 7.60. The van der Waals surface area contributed by atoms with Gasteiger partial charge >= 0.3 is 0 Å². The summed E-state index contributed by atoms with van der Waals surface area (Å²) in [6.45, 7) is 2.51. The van der Waals surface area contributed by atoms with E-state index in [4.69, 9.17) is 0 Å². The normalized spacial score (nSPS) is 19.7. The Hall–Kier alpha value is -3.22. The topological polar surface area (TPSA) is 73.8 Å². The van der Waals surface area contributed by atoms with E-state index in [1.54, 1.807) is 27.1 Å². The first-order chi connectivity index (χ1) is 14.1. The smallest absolute Gasteiger partial charge is 0.242 e. The number of rotatable bonds is 5. The van der Waals surface area contributed by atoms with Crippen LogP contribution >= 0.6 is 0 Å². The molecule has 0 aliphatic carbocycles. The van der Waals surface area contributed by atoms with E-state index in [-0.39, 0.29) is 36.6 Å². The van der Waals surface area contributed by atoms with E-state index in [2.05, 4.69) is 4.98 Å². The largest absolute Gasteiger partial charge is 0.337 e. The zero-order valence-corrected chi connectivity index (χ0v) is 16.2. The minimum absolute atomic E-state index is 0.0266. The number of piperazine rings is 1. The van der Waals surface area contributed by atoms with Gasteiger partial charge in [0.2, 0.25) is 17.7 Å². The van der Waals surface area contributed by atoms with Crippen LogP contribution in [0.15, 0.2) is 54.9 Å². The van der Waals surface area contributed by atoms with Crippen molar-refractivity contribution in [2.75, 3.05) is 26.2 Å². The highest BCUT2D eigenvalue weighted by atomic mass is 16.2. The third-order valence-corrected chi connectivity index (χ3v) is 5.51. The van der Waals surface area contributed by atoms with Crippen LogP contribution in [0.4, 0.5) is 0 Å². The van der Waals surface area contributed by atoms with Crippen molar-refractivity contribution in [3.8, 4) is 0 Å². The molecule has 2 aliphatic heterocycles. The number of aromatic nitrogens is 1. The average Bonchev–Trinajstić information content (AvgIpc) is 3.11. The SMILES string of the molecule is O=C1CN(C(=O)[C@@H]2CC(=O)N(Cc3cccnc3)C2)CCN1Cc1ccccc1. The van der Waals surface area contributed by atoms with Gasteiger partial charge in [0.1, 0.15) is 0 Å². The fourth-order valence-corrected chi connectivity index (χ4v) is 3.93. The third kappa shape index (κ3) is 4.45. The van der Waals surface area contributed by atoms with Gasteiger partial charge < -0.3 is 14.7 Å². The molecule has 1 aromatic heterocycles. The van der Waals surface area contributed by atoms with Crippen molar-refractivity contribution in [2.45, 2.75) is 19.5 Å². The average molecular weight is 392 g/mol. The minimum atomic E-state index is -0.382. The van der Waals surface area contributed by atoms with Crippen molar-refractivity contribution in [2.24, 2.45) is 5.92 Å². The van der Waals surface area contributed by atoms with Crippen LogP contribution in [0, 0.1) is 5.92 Å². The Morgan fingerprint density at radius 1 is 0.931 bits per heavy atom. The van der Waals surface area contributed by atoms with Gasteiger partial charge in [0.15, 0.2) is 0 Å². The van der Waals surface area contributed by atoms with Crippen LogP contribution < -0.4 is 0 Å². The lowest BCUT2D eigenvalue weighted by Gasteiger charge is -2.35. The summed E-state index contributed by atoms with van der Waals surface area (Å²) in [6.07, 6.45) is 3.63. The standard InChI is InChI=1S/C22H24N4O3/c27-20-11-19(15-26(20)14-18-7-4-8-23-12-18)22(29)25-10-9-24(21(28)16-25)13-17-5-2-1-3-6-17/h1-8,12,19H,9-11,13-16H2/t19-/m1/s1. The predicted molar refractivity (Wildman–Crippen MR) is 106 cm³/mol. The lowest BCUT2D eigenvalue weighted by Crippen LogP contribution is -2.53. The Morgan fingerprint density at radius 3 is 2.41 bits per heavy atom. The summed E-state index contributed by atoms with van der Waals surface area (Å²) in [7, 11) is 0. The van der Waals surface area contributed by atoms with Gasteiger partial charge in [0.25, 0.3) is 0 Å². The van der Waals surface area contributed by atoms with Gasteiger partial charge in [-0.2, -0.15) is 0 Å². The number of likely N-dealkylation sites (tertiary alicyclic amines) is 1. The molecule has 7 nitrogen and oxygen atoms in total. The van der Waals surface area contributed by atoms with Gasteiger partial charge in [-0.15, -0.1) is 0 Å². The molecule has 0 spiro atoms. The first kappa shape index (κ1) is 19.1. The minimum Gasteiger partial charge on any atom is -0.337 e. The number of pyridine rings is 1. The summed E-state index contributed by atoms with van der Waals surface area (Å²) in [6, 6.07) is 13.6. The fourth-order valence-electron chi connectivity index (χ4n) is 3.93. The Bertz CT molecular complexity index is 887. The van der Waals surface area contributed by atoms with Crippen LogP contribution in [-0.2, 0) is 27.5 Å². The molecule has 2 aromatic rings. The van der Waals surface area contributed by atoms with E-state index in [1.165, 1.54) is 0 Å². The summed E-state index contributed by atoms with van der Waals surface area (Å²) >= 11 is 0. The molecule has 3 heterocycles. The Morgan fingerprint density at radius 2 is 1.69 bits per heavy atom. The van der Waals surface area contributed by atoms with Crippen LogP contribution in [-0.4, -0.2) is 63.6 Å². The summed E-state index contributed by atoms with van der Waals surface area (Å²) in [5.41, 5.74) is 2.02. The maximum Gasteiger partial charge on any atom is 0.242 e. The highest BCUT2D eigenvalue weighted by molar-refractivity contribution is 5.92. The summed E-state index contributed by atoms with van der Waals surface area (Å²) < 4.78 is 0. The number of hydrogen-bond donors (Lipinski definition) is 0. The molecule has 0 radical (unpaired) electrons.